The zero-order valence-electron chi connectivity index (χ0n) is 17.3. The van der Waals surface area contributed by atoms with Gasteiger partial charge >= 0.3 is 6.03 Å². The van der Waals surface area contributed by atoms with E-state index < -0.39 is 0 Å². The number of hydrogen-bond acceptors (Lipinski definition) is 6. The number of piperidine rings is 1. The van der Waals surface area contributed by atoms with Gasteiger partial charge in [0.05, 0.1) is 35.5 Å². The predicted molar refractivity (Wildman–Crippen MR) is 113 cm³/mol. The van der Waals surface area contributed by atoms with Crippen molar-refractivity contribution < 1.29 is 19.1 Å². The molecule has 0 saturated carbocycles. The fourth-order valence-electron chi connectivity index (χ4n) is 3.23. The van der Waals surface area contributed by atoms with Gasteiger partial charge in [-0.05, 0) is 12.5 Å². The van der Waals surface area contributed by atoms with Crippen LogP contribution in [0.25, 0.3) is 0 Å². The molecule has 4 N–H and O–H groups in total. The second-order valence-corrected chi connectivity index (χ2v) is 7.55. The molecule has 3 amide bonds. The lowest BCUT2D eigenvalue weighted by molar-refractivity contribution is 0.00691. The van der Waals surface area contributed by atoms with Crippen molar-refractivity contribution >= 4 is 29.2 Å². The zero-order chi connectivity index (χ0) is 21.6. The standard InChI is InChI=1S/C19H30ClN5O4/c1-24(2)19(27)22-6-8-25-7-5-15(17(11-25)29-4)23-18(26)12-9-13(20)14(21)10-16(12)28-3/h9-10,15,17H,5-8,11,21H2,1-4H3,(H,22,27)(H,23,26). The minimum Gasteiger partial charge on any atom is -0.496 e. The molecule has 162 valence electrons. The number of nitrogens with two attached hydrogens (primary N) is 1. The van der Waals surface area contributed by atoms with E-state index in [-0.39, 0.29) is 24.1 Å². The topological polar surface area (TPSA) is 109 Å². The highest BCUT2D eigenvalue weighted by atomic mass is 35.5. The summed E-state index contributed by atoms with van der Waals surface area (Å²) in [7, 11) is 6.51. The Morgan fingerprint density at radius 2 is 2.07 bits per heavy atom. The first-order valence-corrected chi connectivity index (χ1v) is 9.78. The Kier molecular flexibility index (Phi) is 8.36. The van der Waals surface area contributed by atoms with Crippen LogP contribution < -0.4 is 21.1 Å². The number of carbonyl (C=O) groups excluding carboxylic acids is 2. The third-order valence-electron chi connectivity index (χ3n) is 4.94. The number of rotatable bonds is 7. The lowest BCUT2D eigenvalue weighted by Crippen LogP contribution is -2.55. The Labute approximate surface area is 176 Å². The van der Waals surface area contributed by atoms with E-state index in [0.29, 0.717) is 41.7 Å². The average molecular weight is 428 g/mol. The quantitative estimate of drug-likeness (QED) is 0.560. The fraction of sp³-hybridized carbons (Fsp3) is 0.579. The molecule has 0 aromatic heterocycles. The molecule has 1 aromatic rings. The van der Waals surface area contributed by atoms with Crippen LogP contribution in [0.3, 0.4) is 0 Å². The zero-order valence-corrected chi connectivity index (χ0v) is 18.1. The van der Waals surface area contributed by atoms with E-state index >= 15 is 0 Å². The van der Waals surface area contributed by atoms with Crippen molar-refractivity contribution in [2.24, 2.45) is 0 Å². The number of likely N-dealkylation sites (tertiary alicyclic amines) is 1. The van der Waals surface area contributed by atoms with E-state index in [4.69, 9.17) is 26.8 Å². The maximum atomic E-state index is 12.8. The van der Waals surface area contributed by atoms with Crippen LogP contribution in [-0.4, -0.2) is 88.4 Å². The molecule has 0 bridgehead atoms. The highest BCUT2D eigenvalue weighted by Gasteiger charge is 2.31. The normalized spacial score (nSPS) is 19.5. The van der Waals surface area contributed by atoms with Crippen molar-refractivity contribution in [2.75, 3.05) is 60.2 Å². The van der Waals surface area contributed by atoms with Gasteiger partial charge in [-0.25, -0.2) is 4.79 Å². The van der Waals surface area contributed by atoms with Gasteiger partial charge in [0.25, 0.3) is 5.91 Å². The van der Waals surface area contributed by atoms with Crippen LogP contribution in [0.4, 0.5) is 10.5 Å². The number of halogens is 1. The third-order valence-corrected chi connectivity index (χ3v) is 5.26. The molecule has 1 aliphatic heterocycles. The second kappa shape index (κ2) is 10.5. The molecule has 1 heterocycles. The number of amides is 3. The molecule has 2 atom stereocenters. The van der Waals surface area contributed by atoms with E-state index in [9.17, 15) is 9.59 Å². The van der Waals surface area contributed by atoms with Crippen LogP contribution in [0.1, 0.15) is 16.8 Å². The first kappa shape index (κ1) is 23.1. The Morgan fingerprint density at radius 1 is 1.34 bits per heavy atom. The van der Waals surface area contributed by atoms with E-state index in [1.54, 1.807) is 21.2 Å². The highest BCUT2D eigenvalue weighted by Crippen LogP contribution is 2.29. The first-order valence-electron chi connectivity index (χ1n) is 9.41. The first-order chi connectivity index (χ1) is 13.8. The SMILES string of the molecule is COc1cc(N)c(Cl)cc1C(=O)NC1CCN(CCNC(=O)N(C)C)CC1OC. The van der Waals surface area contributed by atoms with Crippen LogP contribution in [0.5, 0.6) is 5.75 Å². The number of ether oxygens (including phenoxy) is 2. The van der Waals surface area contributed by atoms with E-state index in [0.717, 1.165) is 13.0 Å². The van der Waals surface area contributed by atoms with Crippen LogP contribution in [0.15, 0.2) is 12.1 Å². The second-order valence-electron chi connectivity index (χ2n) is 7.14. The number of methoxy groups -OCH3 is 2. The summed E-state index contributed by atoms with van der Waals surface area (Å²) in [5.74, 6) is 0.0786. The highest BCUT2D eigenvalue weighted by molar-refractivity contribution is 6.33. The van der Waals surface area contributed by atoms with Gasteiger partial charge in [0, 0.05) is 53.5 Å². The minimum absolute atomic E-state index is 0.119. The Bertz CT molecular complexity index is 731. The van der Waals surface area contributed by atoms with Gasteiger partial charge in [0.1, 0.15) is 5.75 Å². The number of nitrogens with one attached hydrogen (secondary N) is 2. The molecule has 1 aliphatic rings. The van der Waals surface area contributed by atoms with Crippen LogP contribution >= 0.6 is 11.6 Å². The molecule has 29 heavy (non-hydrogen) atoms. The van der Waals surface area contributed by atoms with Crippen molar-refractivity contribution in [1.29, 1.82) is 0 Å². The number of anilines is 1. The summed E-state index contributed by atoms with van der Waals surface area (Å²) in [4.78, 5) is 28.1. The Morgan fingerprint density at radius 3 is 2.69 bits per heavy atom. The van der Waals surface area contributed by atoms with Gasteiger partial charge in [-0.1, -0.05) is 11.6 Å². The van der Waals surface area contributed by atoms with Crippen LogP contribution in [-0.2, 0) is 4.74 Å². The van der Waals surface area contributed by atoms with Crippen molar-refractivity contribution in [3.63, 3.8) is 0 Å². The molecular weight excluding hydrogens is 398 g/mol. The summed E-state index contributed by atoms with van der Waals surface area (Å²) in [5, 5.41) is 6.17. The van der Waals surface area contributed by atoms with Crippen molar-refractivity contribution in [1.82, 2.24) is 20.4 Å². The summed E-state index contributed by atoms with van der Waals surface area (Å²) < 4.78 is 10.9. The Hall–Kier alpha value is -2.23. The molecule has 0 radical (unpaired) electrons. The summed E-state index contributed by atoms with van der Waals surface area (Å²) >= 11 is 6.07. The molecule has 2 unspecified atom stereocenters. The van der Waals surface area contributed by atoms with Crippen molar-refractivity contribution in [3.05, 3.63) is 22.7 Å². The monoisotopic (exact) mass is 427 g/mol. The van der Waals surface area contributed by atoms with Gasteiger partial charge in [0.15, 0.2) is 0 Å². The number of urea groups is 1. The number of hydrogen-bond donors (Lipinski definition) is 3. The van der Waals surface area contributed by atoms with E-state index in [1.807, 2.05) is 0 Å². The average Bonchev–Trinajstić information content (AvgIpc) is 2.70. The van der Waals surface area contributed by atoms with Crippen molar-refractivity contribution in [2.45, 2.75) is 18.6 Å². The molecule has 0 spiro atoms. The maximum Gasteiger partial charge on any atom is 0.316 e. The predicted octanol–water partition coefficient (Wildman–Crippen LogP) is 1.02. The number of nitrogens with zero attached hydrogens (tertiary/aromatic N) is 2. The molecule has 2 rings (SSSR count). The van der Waals surface area contributed by atoms with Gasteiger partial charge in [-0.15, -0.1) is 0 Å². The van der Waals surface area contributed by atoms with Gasteiger partial charge in [-0.3, -0.25) is 9.69 Å². The summed E-state index contributed by atoms with van der Waals surface area (Å²) in [6, 6.07) is 2.78. The largest absolute Gasteiger partial charge is 0.496 e. The molecule has 1 aromatic carbocycles. The summed E-state index contributed by atoms with van der Waals surface area (Å²) in [6.45, 7) is 2.69. The Balaban J connectivity index is 1.94. The van der Waals surface area contributed by atoms with Crippen LogP contribution in [0, 0.1) is 0 Å². The van der Waals surface area contributed by atoms with Crippen LogP contribution in [0.2, 0.25) is 5.02 Å². The minimum atomic E-state index is -0.289. The lowest BCUT2D eigenvalue weighted by Gasteiger charge is -2.38. The number of benzene rings is 1. The molecule has 10 heteroatoms. The summed E-state index contributed by atoms with van der Waals surface area (Å²) in [5.41, 5.74) is 6.47. The molecule has 9 nitrogen and oxygen atoms in total. The molecular formula is C19H30ClN5O4. The van der Waals surface area contributed by atoms with Gasteiger partial charge in [-0.2, -0.15) is 0 Å². The van der Waals surface area contributed by atoms with Gasteiger partial charge in [0.2, 0.25) is 0 Å². The molecule has 0 aliphatic carbocycles. The van der Waals surface area contributed by atoms with E-state index in [1.165, 1.54) is 24.1 Å². The maximum absolute atomic E-state index is 12.8. The smallest absolute Gasteiger partial charge is 0.316 e. The number of carbonyl (C=O) groups is 2. The third kappa shape index (κ3) is 6.12. The fourth-order valence-corrected chi connectivity index (χ4v) is 3.39. The molecule has 1 fully saturated rings. The summed E-state index contributed by atoms with van der Waals surface area (Å²) in [6.07, 6.45) is 0.546. The van der Waals surface area contributed by atoms with Crippen molar-refractivity contribution in [3.8, 4) is 5.75 Å². The molecule has 1 saturated heterocycles. The van der Waals surface area contributed by atoms with Gasteiger partial charge < -0.3 is 30.7 Å². The number of nitrogen functional groups attached to an aromatic ring is 1. The van der Waals surface area contributed by atoms with E-state index in [2.05, 4.69) is 15.5 Å². The lowest BCUT2D eigenvalue weighted by atomic mass is 10.0.